The van der Waals surface area contributed by atoms with E-state index in [1.165, 1.54) is 4.88 Å². The van der Waals surface area contributed by atoms with Crippen LogP contribution in [0, 0.1) is 0 Å². The molecule has 0 radical (unpaired) electrons. The largest absolute Gasteiger partial charge is 0.494 e. The zero-order valence-corrected chi connectivity index (χ0v) is 13.8. The van der Waals surface area contributed by atoms with Crippen LogP contribution in [0.3, 0.4) is 0 Å². The van der Waals surface area contributed by atoms with E-state index in [1.54, 1.807) is 18.4 Å². The van der Waals surface area contributed by atoms with Crippen LogP contribution in [0.1, 0.15) is 36.0 Å². The number of aromatic nitrogens is 2. The van der Waals surface area contributed by atoms with Gasteiger partial charge in [-0.25, -0.2) is 4.98 Å². The Hall–Kier alpha value is -1.52. The molecule has 2 heterocycles. The molecule has 0 bridgehead atoms. The number of nitrogens with zero attached hydrogens (tertiary/aromatic N) is 2. The summed E-state index contributed by atoms with van der Waals surface area (Å²) in [4.78, 5) is 6.01. The fourth-order valence-electron chi connectivity index (χ4n) is 2.62. The predicted molar refractivity (Wildman–Crippen MR) is 88.7 cm³/mol. The number of imidazole rings is 1. The molecule has 3 nitrogen and oxygen atoms in total. The number of para-hydroxylation sites is 1. The third kappa shape index (κ3) is 2.43. The van der Waals surface area contributed by atoms with Gasteiger partial charge in [0.25, 0.3) is 0 Å². The number of rotatable bonds is 4. The lowest BCUT2D eigenvalue weighted by atomic mass is 10.2. The predicted octanol–water partition coefficient (Wildman–Crippen LogP) is 5.02. The molecule has 0 amide bonds. The van der Waals surface area contributed by atoms with E-state index in [4.69, 9.17) is 21.3 Å². The van der Waals surface area contributed by atoms with Crippen LogP contribution >= 0.6 is 22.9 Å². The maximum absolute atomic E-state index is 6.36. The fourth-order valence-corrected chi connectivity index (χ4v) is 3.55. The molecule has 3 aromatic rings. The molecule has 0 aliphatic carbocycles. The average molecular weight is 321 g/mol. The monoisotopic (exact) mass is 320 g/mol. The van der Waals surface area contributed by atoms with Crippen molar-refractivity contribution in [2.75, 3.05) is 7.11 Å². The normalized spacial score (nSPS) is 14.3. The molecule has 110 valence electrons. The lowest BCUT2D eigenvalue weighted by Crippen LogP contribution is -2.10. The zero-order chi connectivity index (χ0) is 15.0. The van der Waals surface area contributed by atoms with Gasteiger partial charge in [-0.05, 0) is 37.4 Å². The number of benzene rings is 1. The van der Waals surface area contributed by atoms with Gasteiger partial charge in [0.05, 0.1) is 24.0 Å². The molecule has 0 saturated carbocycles. The molecule has 1 aromatic carbocycles. The molecule has 2 unspecified atom stereocenters. The summed E-state index contributed by atoms with van der Waals surface area (Å²) in [6.07, 6.45) is 0. The van der Waals surface area contributed by atoms with Gasteiger partial charge in [0.2, 0.25) is 0 Å². The van der Waals surface area contributed by atoms with Crippen LogP contribution in [0.15, 0.2) is 35.7 Å². The number of ether oxygens (including phenoxy) is 1. The molecule has 0 aliphatic rings. The van der Waals surface area contributed by atoms with Crippen molar-refractivity contribution in [3.8, 4) is 5.75 Å². The summed E-state index contributed by atoms with van der Waals surface area (Å²) >= 11 is 8.11. The van der Waals surface area contributed by atoms with Crippen LogP contribution < -0.4 is 4.74 Å². The maximum Gasteiger partial charge on any atom is 0.146 e. The van der Waals surface area contributed by atoms with Gasteiger partial charge >= 0.3 is 0 Å². The number of hydrogen-bond acceptors (Lipinski definition) is 3. The number of hydrogen-bond donors (Lipinski definition) is 0. The Kier molecular flexibility index (Phi) is 3.91. The summed E-state index contributed by atoms with van der Waals surface area (Å²) < 4.78 is 7.64. The Bertz CT molecular complexity index is 749. The van der Waals surface area contributed by atoms with Crippen LogP contribution in [0.2, 0.25) is 0 Å². The van der Waals surface area contributed by atoms with Crippen LogP contribution in [0.4, 0.5) is 0 Å². The summed E-state index contributed by atoms with van der Waals surface area (Å²) in [7, 11) is 1.67. The highest BCUT2D eigenvalue weighted by molar-refractivity contribution is 7.10. The SMILES string of the molecule is COc1cccc2c1nc(C(C)Cl)n2C(C)c1cccs1. The summed E-state index contributed by atoms with van der Waals surface area (Å²) in [6.45, 7) is 4.13. The number of methoxy groups -OCH3 is 1. The number of halogens is 1. The lowest BCUT2D eigenvalue weighted by molar-refractivity contribution is 0.419. The standard InChI is InChI=1S/C16H17ClN2OS/c1-10(17)16-18-15-12(6-4-7-13(15)20-3)19(16)11(2)14-8-5-9-21-14/h4-11H,1-3H3. The molecule has 0 spiro atoms. The lowest BCUT2D eigenvalue weighted by Gasteiger charge is -2.17. The van der Waals surface area contributed by atoms with Crippen molar-refractivity contribution in [2.45, 2.75) is 25.3 Å². The molecule has 3 rings (SSSR count). The molecule has 0 N–H and O–H groups in total. The van der Waals surface area contributed by atoms with Crippen LogP contribution in [0.5, 0.6) is 5.75 Å². The highest BCUT2D eigenvalue weighted by Crippen LogP contribution is 2.35. The Morgan fingerprint density at radius 2 is 2.05 bits per heavy atom. The summed E-state index contributed by atoms with van der Waals surface area (Å²) in [5.41, 5.74) is 1.92. The van der Waals surface area contributed by atoms with E-state index < -0.39 is 0 Å². The first-order valence-corrected chi connectivity index (χ1v) is 8.17. The van der Waals surface area contributed by atoms with Gasteiger partial charge in [0.1, 0.15) is 17.1 Å². The van der Waals surface area contributed by atoms with E-state index in [0.29, 0.717) is 0 Å². The minimum atomic E-state index is -0.162. The van der Waals surface area contributed by atoms with E-state index >= 15 is 0 Å². The molecule has 2 aromatic heterocycles. The first-order valence-electron chi connectivity index (χ1n) is 6.85. The van der Waals surface area contributed by atoms with Gasteiger partial charge in [0.15, 0.2) is 0 Å². The minimum Gasteiger partial charge on any atom is -0.494 e. The van der Waals surface area contributed by atoms with Crippen molar-refractivity contribution in [3.63, 3.8) is 0 Å². The average Bonchev–Trinajstić information content (AvgIpc) is 3.13. The number of alkyl halides is 1. The van der Waals surface area contributed by atoms with Crippen LogP contribution in [-0.4, -0.2) is 16.7 Å². The summed E-state index contributed by atoms with van der Waals surface area (Å²) in [6, 6.07) is 10.4. The molecular formula is C16H17ClN2OS. The second-order valence-corrected chi connectivity index (χ2v) is 6.61. The summed E-state index contributed by atoms with van der Waals surface area (Å²) in [5, 5.41) is 1.93. The third-order valence-electron chi connectivity index (χ3n) is 3.63. The molecule has 0 saturated heterocycles. The van der Waals surface area contributed by atoms with Gasteiger partial charge in [-0.3, -0.25) is 0 Å². The minimum absolute atomic E-state index is 0.162. The first kappa shape index (κ1) is 14.4. The summed E-state index contributed by atoms with van der Waals surface area (Å²) in [5.74, 6) is 1.65. The Balaban J connectivity index is 2.26. The Morgan fingerprint density at radius 3 is 2.67 bits per heavy atom. The fraction of sp³-hybridized carbons (Fsp3) is 0.312. The van der Waals surface area contributed by atoms with Crippen molar-refractivity contribution in [1.82, 2.24) is 9.55 Å². The number of fused-ring (bicyclic) bond motifs is 1. The van der Waals surface area contributed by atoms with Crippen LogP contribution in [0.25, 0.3) is 11.0 Å². The van der Waals surface area contributed by atoms with Crippen molar-refractivity contribution in [2.24, 2.45) is 0 Å². The van der Waals surface area contributed by atoms with Gasteiger partial charge in [-0.15, -0.1) is 22.9 Å². The highest BCUT2D eigenvalue weighted by atomic mass is 35.5. The van der Waals surface area contributed by atoms with Crippen molar-refractivity contribution < 1.29 is 4.74 Å². The Labute approximate surface area is 133 Å². The topological polar surface area (TPSA) is 27.1 Å². The van der Waals surface area contributed by atoms with E-state index in [0.717, 1.165) is 22.6 Å². The molecule has 2 atom stereocenters. The molecule has 0 aliphatic heterocycles. The van der Waals surface area contributed by atoms with E-state index in [2.05, 4.69) is 35.1 Å². The van der Waals surface area contributed by atoms with Crippen molar-refractivity contribution in [3.05, 3.63) is 46.4 Å². The number of thiophene rings is 1. The van der Waals surface area contributed by atoms with E-state index in [9.17, 15) is 0 Å². The van der Waals surface area contributed by atoms with E-state index in [-0.39, 0.29) is 11.4 Å². The van der Waals surface area contributed by atoms with Crippen molar-refractivity contribution >= 4 is 34.0 Å². The third-order valence-corrected chi connectivity index (χ3v) is 4.87. The molecule has 0 fully saturated rings. The van der Waals surface area contributed by atoms with Gasteiger partial charge in [-0.2, -0.15) is 0 Å². The molecular weight excluding hydrogens is 304 g/mol. The first-order chi connectivity index (χ1) is 10.1. The highest BCUT2D eigenvalue weighted by Gasteiger charge is 2.22. The van der Waals surface area contributed by atoms with E-state index in [1.807, 2.05) is 19.1 Å². The zero-order valence-electron chi connectivity index (χ0n) is 12.2. The van der Waals surface area contributed by atoms with Crippen LogP contribution in [-0.2, 0) is 0 Å². The second kappa shape index (κ2) is 5.70. The molecule has 5 heteroatoms. The van der Waals surface area contributed by atoms with Gasteiger partial charge < -0.3 is 9.30 Å². The molecule has 21 heavy (non-hydrogen) atoms. The Morgan fingerprint density at radius 1 is 1.24 bits per heavy atom. The second-order valence-electron chi connectivity index (χ2n) is 4.98. The van der Waals surface area contributed by atoms with Gasteiger partial charge in [-0.1, -0.05) is 12.1 Å². The smallest absolute Gasteiger partial charge is 0.146 e. The maximum atomic E-state index is 6.36. The van der Waals surface area contributed by atoms with Crippen molar-refractivity contribution in [1.29, 1.82) is 0 Å². The van der Waals surface area contributed by atoms with Gasteiger partial charge in [0, 0.05) is 4.88 Å². The quantitative estimate of drug-likeness (QED) is 0.631.